The average Bonchev–Trinajstić information content (AvgIpc) is 2.94. The summed E-state index contributed by atoms with van der Waals surface area (Å²) in [5, 5.41) is 0.260. The van der Waals surface area contributed by atoms with Crippen LogP contribution in [0.3, 0.4) is 0 Å². The first-order valence-electron chi connectivity index (χ1n) is 6.67. The smallest absolute Gasteiger partial charge is 0.252 e. The van der Waals surface area contributed by atoms with Crippen molar-refractivity contribution in [2.75, 3.05) is 36.8 Å². The summed E-state index contributed by atoms with van der Waals surface area (Å²) < 4.78 is 27.2. The SMILES string of the molecule is Nc1nc(Cl)cc(N2CCN(S(=O)(=O)c3ccc(Cl)s3)CC2)n1. The molecule has 0 atom stereocenters. The molecule has 0 amide bonds. The van der Waals surface area contributed by atoms with E-state index in [1.165, 1.54) is 10.4 Å². The Kier molecular flexibility index (Phi) is 4.65. The van der Waals surface area contributed by atoms with Gasteiger partial charge in [0.2, 0.25) is 5.95 Å². The Bertz CT molecular complexity index is 798. The highest BCUT2D eigenvalue weighted by Crippen LogP contribution is 2.29. The molecule has 0 aromatic carbocycles. The number of anilines is 2. The molecule has 2 N–H and O–H groups in total. The van der Waals surface area contributed by atoms with E-state index >= 15 is 0 Å². The van der Waals surface area contributed by atoms with Crippen molar-refractivity contribution in [3.05, 3.63) is 27.7 Å². The molecule has 124 valence electrons. The van der Waals surface area contributed by atoms with Crippen LogP contribution in [0.1, 0.15) is 0 Å². The Labute approximate surface area is 147 Å². The molecular weight excluding hydrogens is 381 g/mol. The molecule has 0 saturated carbocycles. The first-order chi connectivity index (χ1) is 10.9. The lowest BCUT2D eigenvalue weighted by Gasteiger charge is -2.34. The van der Waals surface area contributed by atoms with Crippen molar-refractivity contribution in [3.8, 4) is 0 Å². The van der Waals surface area contributed by atoms with Gasteiger partial charge in [-0.2, -0.15) is 9.29 Å². The molecular formula is C12H13Cl2N5O2S2. The third-order valence-electron chi connectivity index (χ3n) is 3.40. The number of hydrogen-bond acceptors (Lipinski definition) is 7. The Hall–Kier alpha value is -1.13. The minimum absolute atomic E-state index is 0.0933. The maximum absolute atomic E-state index is 12.5. The zero-order chi connectivity index (χ0) is 16.6. The van der Waals surface area contributed by atoms with Gasteiger partial charge in [0.25, 0.3) is 10.0 Å². The van der Waals surface area contributed by atoms with Crippen LogP contribution in [0, 0.1) is 0 Å². The Morgan fingerprint density at radius 1 is 1.13 bits per heavy atom. The predicted octanol–water partition coefficient (Wildman–Crippen LogP) is 1.94. The van der Waals surface area contributed by atoms with Crippen molar-refractivity contribution < 1.29 is 8.42 Å². The molecule has 11 heteroatoms. The van der Waals surface area contributed by atoms with Gasteiger partial charge in [0, 0.05) is 32.2 Å². The van der Waals surface area contributed by atoms with Crippen molar-refractivity contribution in [1.82, 2.24) is 14.3 Å². The zero-order valence-electron chi connectivity index (χ0n) is 11.8. The maximum Gasteiger partial charge on any atom is 0.252 e. The monoisotopic (exact) mass is 393 g/mol. The quantitative estimate of drug-likeness (QED) is 0.800. The molecule has 0 radical (unpaired) electrons. The highest BCUT2D eigenvalue weighted by molar-refractivity contribution is 7.91. The predicted molar refractivity (Wildman–Crippen MR) is 91.8 cm³/mol. The van der Waals surface area contributed by atoms with Gasteiger partial charge in [-0.1, -0.05) is 23.2 Å². The molecule has 2 aromatic heterocycles. The van der Waals surface area contributed by atoms with Crippen molar-refractivity contribution in [2.24, 2.45) is 0 Å². The first kappa shape index (κ1) is 16.7. The Morgan fingerprint density at radius 2 is 1.83 bits per heavy atom. The van der Waals surface area contributed by atoms with Gasteiger partial charge in [-0.25, -0.2) is 13.4 Å². The number of aromatic nitrogens is 2. The van der Waals surface area contributed by atoms with Gasteiger partial charge in [-0.15, -0.1) is 11.3 Å². The van der Waals surface area contributed by atoms with Crippen molar-refractivity contribution in [1.29, 1.82) is 0 Å². The van der Waals surface area contributed by atoms with E-state index in [-0.39, 0.29) is 15.3 Å². The number of rotatable bonds is 3. The summed E-state index contributed by atoms with van der Waals surface area (Å²) in [6, 6.07) is 4.72. The minimum atomic E-state index is -3.51. The van der Waals surface area contributed by atoms with Crippen LogP contribution in [0.5, 0.6) is 0 Å². The van der Waals surface area contributed by atoms with Gasteiger partial charge in [-0.3, -0.25) is 0 Å². The van der Waals surface area contributed by atoms with E-state index in [1.807, 2.05) is 4.90 Å². The Balaban J connectivity index is 1.73. The summed E-state index contributed by atoms with van der Waals surface area (Å²) in [5.41, 5.74) is 5.59. The standard InChI is InChI=1S/C12H13Cl2N5O2S2/c13-8-7-10(17-12(15)16-8)18-3-5-19(6-4-18)23(20,21)11-2-1-9(14)22-11/h1-2,7H,3-6H2,(H2,15,16,17). The maximum atomic E-state index is 12.5. The van der Waals surface area contributed by atoms with E-state index in [2.05, 4.69) is 9.97 Å². The molecule has 2 aromatic rings. The molecule has 1 fully saturated rings. The Morgan fingerprint density at radius 3 is 2.39 bits per heavy atom. The molecule has 1 saturated heterocycles. The van der Waals surface area contributed by atoms with Gasteiger partial charge >= 0.3 is 0 Å². The lowest BCUT2D eigenvalue weighted by atomic mass is 10.3. The number of nitrogen functional groups attached to an aromatic ring is 1. The molecule has 0 unspecified atom stereocenters. The summed E-state index contributed by atoms with van der Waals surface area (Å²) in [7, 11) is -3.51. The van der Waals surface area contributed by atoms with Gasteiger partial charge < -0.3 is 10.6 Å². The number of thiophene rings is 1. The van der Waals surface area contributed by atoms with Crippen LogP contribution >= 0.6 is 34.5 Å². The molecule has 3 heterocycles. The number of nitrogens with zero attached hydrogens (tertiary/aromatic N) is 4. The minimum Gasteiger partial charge on any atom is -0.368 e. The van der Waals surface area contributed by atoms with Gasteiger partial charge in [0.15, 0.2) is 0 Å². The van der Waals surface area contributed by atoms with Gasteiger partial charge in [0.1, 0.15) is 15.2 Å². The normalized spacial score (nSPS) is 16.7. The van der Waals surface area contributed by atoms with E-state index in [9.17, 15) is 8.42 Å². The molecule has 1 aliphatic heterocycles. The highest BCUT2D eigenvalue weighted by Gasteiger charge is 2.30. The van der Waals surface area contributed by atoms with Crippen LogP contribution in [0.25, 0.3) is 0 Å². The molecule has 23 heavy (non-hydrogen) atoms. The van der Waals surface area contributed by atoms with Crippen LogP contribution in [-0.4, -0.2) is 48.9 Å². The largest absolute Gasteiger partial charge is 0.368 e. The first-order valence-corrected chi connectivity index (χ1v) is 9.68. The van der Waals surface area contributed by atoms with Crippen LogP contribution < -0.4 is 10.6 Å². The van der Waals surface area contributed by atoms with Crippen molar-refractivity contribution in [2.45, 2.75) is 4.21 Å². The highest BCUT2D eigenvalue weighted by atomic mass is 35.5. The van der Waals surface area contributed by atoms with Gasteiger partial charge in [-0.05, 0) is 12.1 Å². The molecule has 1 aliphatic rings. The van der Waals surface area contributed by atoms with Crippen molar-refractivity contribution >= 4 is 56.3 Å². The fourth-order valence-corrected chi connectivity index (χ4v) is 5.55. The van der Waals surface area contributed by atoms with Gasteiger partial charge in [0.05, 0.1) is 4.34 Å². The summed E-state index contributed by atoms with van der Waals surface area (Å²) >= 11 is 12.8. The van der Waals surface area contributed by atoms with Crippen LogP contribution in [0.15, 0.2) is 22.4 Å². The van der Waals surface area contributed by atoms with Crippen LogP contribution in [0.4, 0.5) is 11.8 Å². The van der Waals surface area contributed by atoms with E-state index in [0.717, 1.165) is 11.3 Å². The third-order valence-corrected chi connectivity index (χ3v) is 7.19. The van der Waals surface area contributed by atoms with Crippen molar-refractivity contribution in [3.63, 3.8) is 0 Å². The number of sulfonamides is 1. The number of hydrogen-bond donors (Lipinski definition) is 1. The van der Waals surface area contributed by atoms with E-state index in [4.69, 9.17) is 28.9 Å². The fourth-order valence-electron chi connectivity index (χ4n) is 2.31. The molecule has 0 aliphatic carbocycles. The van der Waals surface area contributed by atoms with E-state index < -0.39 is 10.0 Å². The molecule has 0 bridgehead atoms. The summed E-state index contributed by atoms with van der Waals surface area (Å²) in [6.45, 7) is 1.68. The second-order valence-electron chi connectivity index (χ2n) is 4.86. The number of halogens is 2. The van der Waals surface area contributed by atoms with Crippen LogP contribution in [0.2, 0.25) is 9.49 Å². The number of piperazine rings is 1. The fraction of sp³-hybridized carbons (Fsp3) is 0.333. The molecule has 0 spiro atoms. The second kappa shape index (κ2) is 6.40. The van der Waals surface area contributed by atoms with E-state index in [1.54, 1.807) is 12.1 Å². The molecule has 7 nitrogen and oxygen atoms in total. The second-order valence-corrected chi connectivity index (χ2v) is 9.12. The summed E-state index contributed by atoms with van der Waals surface area (Å²) in [4.78, 5) is 9.87. The third kappa shape index (κ3) is 3.53. The number of nitrogens with two attached hydrogens (primary N) is 1. The average molecular weight is 394 g/mol. The summed E-state index contributed by atoms with van der Waals surface area (Å²) in [5.74, 6) is 0.689. The lowest BCUT2D eigenvalue weighted by molar-refractivity contribution is 0.385. The lowest BCUT2D eigenvalue weighted by Crippen LogP contribution is -2.48. The van der Waals surface area contributed by atoms with E-state index in [0.29, 0.717) is 36.3 Å². The molecule has 3 rings (SSSR count). The zero-order valence-corrected chi connectivity index (χ0v) is 15.0. The van der Waals surface area contributed by atoms with Crippen LogP contribution in [-0.2, 0) is 10.0 Å². The topological polar surface area (TPSA) is 92.4 Å². The summed E-state index contributed by atoms with van der Waals surface area (Å²) in [6.07, 6.45) is 0.